The summed E-state index contributed by atoms with van der Waals surface area (Å²) in [7, 11) is 0. The summed E-state index contributed by atoms with van der Waals surface area (Å²) < 4.78 is 0. The van der Waals surface area contributed by atoms with Crippen molar-refractivity contribution in [1.82, 2.24) is 4.90 Å². The molecule has 0 atom stereocenters. The number of hydrogen-bond donors (Lipinski definition) is 0. The molecule has 0 aromatic heterocycles. The fraction of sp³-hybridized carbons (Fsp3) is 0. The lowest BCUT2D eigenvalue weighted by molar-refractivity contribution is 0.718. The van der Waals surface area contributed by atoms with Crippen molar-refractivity contribution >= 4 is 0 Å². The van der Waals surface area contributed by atoms with Crippen LogP contribution in [-0.2, 0) is 0 Å². The van der Waals surface area contributed by atoms with Gasteiger partial charge in [0.25, 0.3) is 0 Å². The molecule has 2 nitrogen and oxygen atoms in total. The molecule has 0 spiro atoms. The fourth-order valence-electron chi connectivity index (χ4n) is 0.529. The first kappa shape index (κ1) is 5.64. The minimum atomic E-state index is 1.43. The smallest absolute Gasteiger partial charge is 0.188 e. The minimum absolute atomic E-state index is 1.43. The number of rotatable bonds is 0. The summed E-state index contributed by atoms with van der Waals surface area (Å²) in [6.07, 6.45) is 12.7. The SMILES string of the molecule is N#CN1C=CC=CC=C1. The van der Waals surface area contributed by atoms with Gasteiger partial charge in [0.15, 0.2) is 6.19 Å². The predicted molar refractivity (Wildman–Crippen MR) is 34.9 cm³/mol. The zero-order chi connectivity index (χ0) is 6.53. The molecule has 44 valence electrons. The van der Waals surface area contributed by atoms with E-state index in [2.05, 4.69) is 0 Å². The summed E-state index contributed by atoms with van der Waals surface area (Å²) in [4.78, 5) is 1.43. The van der Waals surface area contributed by atoms with E-state index in [-0.39, 0.29) is 0 Å². The van der Waals surface area contributed by atoms with Crippen molar-refractivity contribution in [2.45, 2.75) is 0 Å². The maximum atomic E-state index is 8.36. The van der Waals surface area contributed by atoms with Crippen molar-refractivity contribution in [1.29, 1.82) is 5.26 Å². The van der Waals surface area contributed by atoms with Crippen molar-refractivity contribution in [3.8, 4) is 6.19 Å². The zero-order valence-electron chi connectivity index (χ0n) is 4.86. The van der Waals surface area contributed by atoms with E-state index >= 15 is 0 Å². The number of nitrogens with zero attached hydrogens (tertiary/aromatic N) is 2. The first-order valence-electron chi connectivity index (χ1n) is 2.63. The summed E-state index contributed by atoms with van der Waals surface area (Å²) in [5.41, 5.74) is 0. The standard InChI is InChI=1S/C7H6N2/c8-7-9-5-3-1-2-4-6-9/h1-6H. The normalized spacial score (nSPS) is 15.2. The molecule has 0 aromatic rings. The lowest BCUT2D eigenvalue weighted by atomic mass is 10.5. The Morgan fingerprint density at radius 2 is 1.56 bits per heavy atom. The first-order chi connectivity index (χ1) is 4.43. The molecule has 0 aliphatic carbocycles. The van der Waals surface area contributed by atoms with Gasteiger partial charge in [0, 0.05) is 12.4 Å². The first-order valence-corrected chi connectivity index (χ1v) is 2.63. The second-order valence-electron chi connectivity index (χ2n) is 1.58. The van der Waals surface area contributed by atoms with Crippen LogP contribution in [0.5, 0.6) is 0 Å². The highest BCUT2D eigenvalue weighted by Gasteiger charge is 1.86. The van der Waals surface area contributed by atoms with Gasteiger partial charge in [-0.3, -0.25) is 4.90 Å². The maximum absolute atomic E-state index is 8.36. The molecule has 0 saturated heterocycles. The van der Waals surface area contributed by atoms with Crippen LogP contribution in [0.1, 0.15) is 0 Å². The van der Waals surface area contributed by atoms with Gasteiger partial charge in [0.2, 0.25) is 0 Å². The van der Waals surface area contributed by atoms with Gasteiger partial charge in [-0.1, -0.05) is 12.2 Å². The van der Waals surface area contributed by atoms with Crippen LogP contribution in [0, 0.1) is 11.5 Å². The third-order valence-electron chi connectivity index (χ3n) is 0.942. The number of allylic oxidation sites excluding steroid dienone is 4. The van der Waals surface area contributed by atoms with Crippen molar-refractivity contribution < 1.29 is 0 Å². The van der Waals surface area contributed by atoms with Crippen LogP contribution in [0.2, 0.25) is 0 Å². The van der Waals surface area contributed by atoms with Crippen molar-refractivity contribution in [2.24, 2.45) is 0 Å². The molecular formula is C7H6N2. The molecule has 9 heavy (non-hydrogen) atoms. The maximum Gasteiger partial charge on any atom is 0.188 e. The van der Waals surface area contributed by atoms with E-state index in [1.807, 2.05) is 30.5 Å². The number of nitriles is 1. The van der Waals surface area contributed by atoms with Crippen LogP contribution < -0.4 is 0 Å². The fourth-order valence-corrected chi connectivity index (χ4v) is 0.529. The molecule has 2 heteroatoms. The number of hydrogen-bond acceptors (Lipinski definition) is 2. The third-order valence-corrected chi connectivity index (χ3v) is 0.942. The van der Waals surface area contributed by atoms with Gasteiger partial charge in [-0.2, -0.15) is 5.26 Å². The molecule has 1 heterocycles. The summed E-state index contributed by atoms with van der Waals surface area (Å²) in [6.45, 7) is 0. The Kier molecular flexibility index (Phi) is 1.71. The second-order valence-corrected chi connectivity index (χ2v) is 1.58. The highest BCUT2D eigenvalue weighted by Crippen LogP contribution is 1.94. The van der Waals surface area contributed by atoms with Crippen LogP contribution in [0.3, 0.4) is 0 Å². The molecule has 0 unspecified atom stereocenters. The van der Waals surface area contributed by atoms with Crippen LogP contribution in [0.4, 0.5) is 0 Å². The Morgan fingerprint density at radius 3 is 2.00 bits per heavy atom. The van der Waals surface area contributed by atoms with Crippen LogP contribution in [0.15, 0.2) is 36.7 Å². The van der Waals surface area contributed by atoms with E-state index < -0.39 is 0 Å². The van der Waals surface area contributed by atoms with E-state index in [0.29, 0.717) is 0 Å². The van der Waals surface area contributed by atoms with Crippen molar-refractivity contribution in [3.05, 3.63) is 36.7 Å². The summed E-state index contributed by atoms with van der Waals surface area (Å²) >= 11 is 0. The van der Waals surface area contributed by atoms with E-state index in [1.54, 1.807) is 12.4 Å². The molecule has 0 bridgehead atoms. The molecule has 0 fully saturated rings. The van der Waals surface area contributed by atoms with Crippen molar-refractivity contribution in [2.75, 3.05) is 0 Å². The van der Waals surface area contributed by atoms with Gasteiger partial charge in [-0.25, -0.2) is 0 Å². The Morgan fingerprint density at radius 1 is 1.00 bits per heavy atom. The Balaban J connectivity index is 2.72. The molecule has 0 N–H and O–H groups in total. The zero-order valence-corrected chi connectivity index (χ0v) is 4.86. The van der Waals surface area contributed by atoms with Gasteiger partial charge < -0.3 is 0 Å². The van der Waals surface area contributed by atoms with E-state index in [0.717, 1.165) is 0 Å². The Bertz CT molecular complexity index is 189. The van der Waals surface area contributed by atoms with Crippen LogP contribution >= 0.6 is 0 Å². The Labute approximate surface area is 54.0 Å². The lowest BCUT2D eigenvalue weighted by Gasteiger charge is -1.97. The van der Waals surface area contributed by atoms with Gasteiger partial charge >= 0.3 is 0 Å². The van der Waals surface area contributed by atoms with Gasteiger partial charge in [-0.05, 0) is 12.2 Å². The average molecular weight is 118 g/mol. The van der Waals surface area contributed by atoms with Gasteiger partial charge in [0.05, 0.1) is 0 Å². The molecule has 1 aliphatic rings. The van der Waals surface area contributed by atoms with E-state index in [1.165, 1.54) is 4.90 Å². The van der Waals surface area contributed by atoms with E-state index in [4.69, 9.17) is 5.26 Å². The Hall–Kier alpha value is -1.49. The van der Waals surface area contributed by atoms with Gasteiger partial charge in [-0.15, -0.1) is 0 Å². The summed E-state index contributed by atoms with van der Waals surface area (Å²) in [6, 6.07) is 0. The van der Waals surface area contributed by atoms with Crippen LogP contribution in [-0.4, -0.2) is 4.90 Å². The topological polar surface area (TPSA) is 27.0 Å². The average Bonchev–Trinajstić information content (AvgIpc) is 2.13. The van der Waals surface area contributed by atoms with Gasteiger partial charge in [0.1, 0.15) is 0 Å². The molecule has 0 aromatic carbocycles. The molecule has 0 saturated carbocycles. The molecule has 1 aliphatic heterocycles. The highest BCUT2D eigenvalue weighted by atomic mass is 15.1. The summed E-state index contributed by atoms with van der Waals surface area (Å²) in [5.74, 6) is 0. The predicted octanol–water partition coefficient (Wildman–Crippen LogP) is 1.37. The second kappa shape index (κ2) is 2.73. The van der Waals surface area contributed by atoms with Crippen molar-refractivity contribution in [3.63, 3.8) is 0 Å². The highest BCUT2D eigenvalue weighted by molar-refractivity contribution is 5.17. The molecule has 0 amide bonds. The largest absolute Gasteiger partial charge is 0.262 e. The molecule has 1 rings (SSSR count). The lowest BCUT2D eigenvalue weighted by Crippen LogP contribution is -1.96. The van der Waals surface area contributed by atoms with E-state index in [9.17, 15) is 0 Å². The van der Waals surface area contributed by atoms with Crippen LogP contribution in [0.25, 0.3) is 0 Å². The minimum Gasteiger partial charge on any atom is -0.262 e. The summed E-state index contributed by atoms with van der Waals surface area (Å²) in [5, 5.41) is 8.36. The third kappa shape index (κ3) is 1.46. The quantitative estimate of drug-likeness (QED) is 0.449. The molecule has 0 radical (unpaired) electrons. The molecular weight excluding hydrogens is 112 g/mol. The monoisotopic (exact) mass is 118 g/mol.